The van der Waals surface area contributed by atoms with Crippen molar-refractivity contribution >= 4 is 21.6 Å². The minimum atomic E-state index is -3.64. The summed E-state index contributed by atoms with van der Waals surface area (Å²) in [6.45, 7) is -0.311. The van der Waals surface area contributed by atoms with E-state index in [2.05, 4.69) is 5.32 Å². The van der Waals surface area contributed by atoms with E-state index in [4.69, 9.17) is 5.26 Å². The van der Waals surface area contributed by atoms with Crippen LogP contribution in [0.25, 0.3) is 0 Å². The van der Waals surface area contributed by atoms with E-state index in [1.807, 2.05) is 6.07 Å². The Morgan fingerprint density at radius 2 is 2.10 bits per heavy atom. The number of nitriles is 1. The molecule has 1 amide bonds. The highest BCUT2D eigenvalue weighted by atomic mass is 32.2. The summed E-state index contributed by atoms with van der Waals surface area (Å²) in [4.78, 5) is 11.8. The third-order valence-electron chi connectivity index (χ3n) is 2.92. The van der Waals surface area contributed by atoms with E-state index >= 15 is 0 Å². The minimum absolute atomic E-state index is 0.162. The van der Waals surface area contributed by atoms with Gasteiger partial charge in [-0.2, -0.15) is 5.26 Å². The fourth-order valence-corrected chi connectivity index (χ4v) is 2.67. The van der Waals surface area contributed by atoms with Gasteiger partial charge in [0.2, 0.25) is 15.9 Å². The molecule has 1 aromatic rings. The molecule has 1 aliphatic carbocycles. The third kappa shape index (κ3) is 3.48. The monoisotopic (exact) mass is 293 g/mol. The number of nitrogens with zero attached hydrogens (tertiary/aromatic N) is 2. The highest BCUT2D eigenvalue weighted by Gasteiger charge is 2.27. The number of hydrogen-bond donors (Lipinski definition) is 1. The van der Waals surface area contributed by atoms with Crippen LogP contribution in [0.2, 0.25) is 0 Å². The first-order valence-corrected chi connectivity index (χ1v) is 8.03. The lowest BCUT2D eigenvalue weighted by molar-refractivity contribution is -0.119. The van der Waals surface area contributed by atoms with E-state index in [1.54, 1.807) is 12.1 Å². The molecule has 0 aliphatic heterocycles. The van der Waals surface area contributed by atoms with Crippen LogP contribution in [0.4, 0.5) is 5.69 Å². The molecule has 0 radical (unpaired) electrons. The van der Waals surface area contributed by atoms with Crippen molar-refractivity contribution in [2.45, 2.75) is 18.9 Å². The van der Waals surface area contributed by atoms with Crippen LogP contribution >= 0.6 is 0 Å². The number of benzene rings is 1. The summed E-state index contributed by atoms with van der Waals surface area (Å²) in [6.07, 6.45) is 2.88. The number of rotatable bonds is 5. The van der Waals surface area contributed by atoms with E-state index in [1.165, 1.54) is 12.1 Å². The number of amides is 1. The van der Waals surface area contributed by atoms with Gasteiger partial charge >= 0.3 is 0 Å². The van der Waals surface area contributed by atoms with Crippen LogP contribution in [-0.4, -0.2) is 33.2 Å². The molecule has 0 heterocycles. The Bertz CT molecular complexity index is 660. The minimum Gasteiger partial charge on any atom is -0.352 e. The zero-order chi connectivity index (χ0) is 14.8. The molecule has 0 bridgehead atoms. The quantitative estimate of drug-likeness (QED) is 0.861. The molecule has 20 heavy (non-hydrogen) atoms. The first kappa shape index (κ1) is 14.3. The zero-order valence-electron chi connectivity index (χ0n) is 11.0. The number of para-hydroxylation sites is 1. The fourth-order valence-electron chi connectivity index (χ4n) is 1.80. The largest absolute Gasteiger partial charge is 0.352 e. The molecule has 106 valence electrons. The van der Waals surface area contributed by atoms with Gasteiger partial charge in [0.15, 0.2) is 0 Å². The molecular weight excluding hydrogens is 278 g/mol. The molecule has 0 saturated heterocycles. The van der Waals surface area contributed by atoms with Gasteiger partial charge in [0.05, 0.1) is 17.5 Å². The molecular formula is C13H15N3O3S. The van der Waals surface area contributed by atoms with Crippen molar-refractivity contribution in [2.75, 3.05) is 17.1 Å². The van der Waals surface area contributed by atoms with Gasteiger partial charge in [-0.25, -0.2) is 8.42 Å². The Balaban J connectivity index is 2.28. The van der Waals surface area contributed by atoms with Gasteiger partial charge in [0.1, 0.15) is 12.6 Å². The zero-order valence-corrected chi connectivity index (χ0v) is 11.9. The fraction of sp³-hybridized carbons (Fsp3) is 0.385. The normalized spacial score (nSPS) is 14.4. The number of anilines is 1. The van der Waals surface area contributed by atoms with E-state index in [9.17, 15) is 13.2 Å². The van der Waals surface area contributed by atoms with Crippen molar-refractivity contribution < 1.29 is 13.2 Å². The highest BCUT2D eigenvalue weighted by molar-refractivity contribution is 7.92. The number of sulfonamides is 1. The summed E-state index contributed by atoms with van der Waals surface area (Å²) in [5.41, 5.74) is 0.445. The van der Waals surface area contributed by atoms with Gasteiger partial charge < -0.3 is 5.32 Å². The van der Waals surface area contributed by atoms with Crippen molar-refractivity contribution in [1.82, 2.24) is 5.32 Å². The topological polar surface area (TPSA) is 90.3 Å². The molecule has 0 unspecified atom stereocenters. The van der Waals surface area contributed by atoms with Gasteiger partial charge in [-0.3, -0.25) is 9.10 Å². The highest BCUT2D eigenvalue weighted by Crippen LogP contribution is 2.23. The van der Waals surface area contributed by atoms with Crippen molar-refractivity contribution in [2.24, 2.45) is 0 Å². The maximum atomic E-state index is 11.9. The predicted octanol–water partition coefficient (Wildman–Crippen LogP) is 0.603. The second kappa shape index (κ2) is 5.51. The van der Waals surface area contributed by atoms with Crippen LogP contribution in [0.15, 0.2) is 24.3 Å². The molecule has 0 atom stereocenters. The summed E-state index contributed by atoms with van der Waals surface area (Å²) in [5.74, 6) is -0.356. The average molecular weight is 293 g/mol. The van der Waals surface area contributed by atoms with E-state index in [0.29, 0.717) is 0 Å². The summed E-state index contributed by atoms with van der Waals surface area (Å²) in [5, 5.41) is 11.8. The first-order valence-electron chi connectivity index (χ1n) is 6.18. The van der Waals surface area contributed by atoms with Crippen molar-refractivity contribution in [3.05, 3.63) is 29.8 Å². The van der Waals surface area contributed by atoms with Gasteiger partial charge in [0, 0.05) is 6.04 Å². The van der Waals surface area contributed by atoms with E-state index < -0.39 is 10.0 Å². The molecule has 1 aliphatic rings. The average Bonchev–Trinajstić information content (AvgIpc) is 3.18. The Morgan fingerprint density at radius 1 is 1.45 bits per heavy atom. The lowest BCUT2D eigenvalue weighted by atomic mass is 10.2. The molecule has 0 spiro atoms. The molecule has 2 rings (SSSR count). The second-order valence-electron chi connectivity index (χ2n) is 4.74. The van der Waals surface area contributed by atoms with Crippen LogP contribution in [0.5, 0.6) is 0 Å². The van der Waals surface area contributed by atoms with Crippen LogP contribution in [0.1, 0.15) is 18.4 Å². The number of hydrogen-bond acceptors (Lipinski definition) is 4. The number of carbonyl (C=O) groups is 1. The Hall–Kier alpha value is -2.07. The molecule has 1 aromatic carbocycles. The summed E-state index contributed by atoms with van der Waals surface area (Å²) >= 11 is 0. The summed E-state index contributed by atoms with van der Waals surface area (Å²) in [6, 6.07) is 8.41. The SMILES string of the molecule is CS(=O)(=O)N(CC(=O)NC1CC1)c1ccccc1C#N. The van der Waals surface area contributed by atoms with Crippen LogP contribution in [0, 0.1) is 11.3 Å². The summed E-state index contributed by atoms with van der Waals surface area (Å²) in [7, 11) is -3.64. The van der Waals surface area contributed by atoms with E-state index in [0.717, 1.165) is 23.4 Å². The predicted molar refractivity (Wildman–Crippen MR) is 74.5 cm³/mol. The van der Waals surface area contributed by atoms with Crippen molar-refractivity contribution in [1.29, 1.82) is 5.26 Å². The molecule has 1 fully saturated rings. The van der Waals surface area contributed by atoms with Gasteiger partial charge in [0.25, 0.3) is 0 Å². The van der Waals surface area contributed by atoms with Crippen LogP contribution < -0.4 is 9.62 Å². The van der Waals surface area contributed by atoms with Crippen LogP contribution in [0.3, 0.4) is 0 Å². The third-order valence-corrected chi connectivity index (χ3v) is 4.05. The lowest BCUT2D eigenvalue weighted by Crippen LogP contribution is -2.41. The molecule has 6 nitrogen and oxygen atoms in total. The van der Waals surface area contributed by atoms with Gasteiger partial charge in [-0.05, 0) is 25.0 Å². The van der Waals surface area contributed by atoms with Gasteiger partial charge in [-0.1, -0.05) is 12.1 Å². The number of carbonyl (C=O) groups excluding carboxylic acids is 1. The standard InChI is InChI=1S/C13H15N3O3S/c1-20(18,19)16(9-13(17)15-11-6-7-11)12-5-3-2-4-10(12)8-14/h2-5,11H,6-7,9H2,1H3,(H,15,17). The first-order chi connectivity index (χ1) is 9.41. The molecule has 7 heteroatoms. The van der Waals surface area contributed by atoms with Crippen molar-refractivity contribution in [3.8, 4) is 6.07 Å². The second-order valence-corrected chi connectivity index (χ2v) is 6.65. The van der Waals surface area contributed by atoms with Crippen molar-refractivity contribution in [3.63, 3.8) is 0 Å². The summed E-state index contributed by atoms with van der Waals surface area (Å²) < 4.78 is 24.7. The molecule has 0 aromatic heterocycles. The Kier molecular flexibility index (Phi) is 3.95. The Labute approximate surface area is 118 Å². The molecule has 1 saturated carbocycles. The smallest absolute Gasteiger partial charge is 0.240 e. The van der Waals surface area contributed by atoms with E-state index in [-0.39, 0.29) is 29.7 Å². The van der Waals surface area contributed by atoms with Crippen LogP contribution in [-0.2, 0) is 14.8 Å². The van der Waals surface area contributed by atoms with Gasteiger partial charge in [-0.15, -0.1) is 0 Å². The maximum Gasteiger partial charge on any atom is 0.240 e. The number of nitrogens with one attached hydrogen (secondary N) is 1. The maximum absolute atomic E-state index is 11.9. The lowest BCUT2D eigenvalue weighted by Gasteiger charge is -2.22. The Morgan fingerprint density at radius 3 is 2.65 bits per heavy atom. The molecule has 1 N–H and O–H groups in total.